The van der Waals surface area contributed by atoms with Crippen LogP contribution < -0.4 is 10.6 Å². The average molecular weight is 268 g/mol. The van der Waals surface area contributed by atoms with Crippen molar-refractivity contribution in [2.75, 3.05) is 38.9 Å². The molecule has 0 saturated carbocycles. The predicted octanol–water partition coefficient (Wildman–Crippen LogP) is 1.51. The minimum atomic E-state index is -0.627. The summed E-state index contributed by atoms with van der Waals surface area (Å²) in [4.78, 5) is 2.23. The Hall–Kier alpha value is -1.17. The second-order valence-corrected chi connectivity index (χ2v) is 4.83. The number of nitrogens with two attached hydrogens (primary N) is 1. The molecular formula is C14H21FN2O2. The van der Waals surface area contributed by atoms with Crippen molar-refractivity contribution in [3.8, 4) is 0 Å². The molecular weight excluding hydrogens is 247 g/mol. The second-order valence-electron chi connectivity index (χ2n) is 4.83. The Morgan fingerprint density at radius 2 is 1.95 bits per heavy atom. The van der Waals surface area contributed by atoms with Gasteiger partial charge in [-0.05, 0) is 17.7 Å². The van der Waals surface area contributed by atoms with E-state index in [-0.39, 0.29) is 0 Å². The van der Waals surface area contributed by atoms with Gasteiger partial charge in [-0.3, -0.25) is 0 Å². The van der Waals surface area contributed by atoms with Gasteiger partial charge in [0.15, 0.2) is 0 Å². The molecule has 1 fully saturated rings. The molecule has 1 heterocycles. The lowest BCUT2D eigenvalue weighted by Gasteiger charge is -2.40. The molecule has 0 spiro atoms. The van der Waals surface area contributed by atoms with Gasteiger partial charge in [-0.1, -0.05) is 12.1 Å². The number of nitrogens with zero attached hydrogens (tertiary/aromatic N) is 1. The lowest BCUT2D eigenvalue weighted by Crippen LogP contribution is -2.51. The molecule has 2 rings (SSSR count). The van der Waals surface area contributed by atoms with E-state index in [1.165, 1.54) is 0 Å². The summed E-state index contributed by atoms with van der Waals surface area (Å²) in [5.41, 5.74) is 7.75. The van der Waals surface area contributed by atoms with Gasteiger partial charge in [0.05, 0.1) is 18.2 Å². The molecule has 1 saturated heterocycles. The SMILES string of the molecule is COC1CN(c2ccc(C(OC)C(N)CF)cc2)C1. The van der Waals surface area contributed by atoms with Gasteiger partial charge in [0.2, 0.25) is 0 Å². The predicted molar refractivity (Wildman–Crippen MR) is 73.2 cm³/mol. The highest BCUT2D eigenvalue weighted by atomic mass is 19.1. The number of alkyl halides is 1. The van der Waals surface area contributed by atoms with Crippen molar-refractivity contribution in [2.24, 2.45) is 5.73 Å². The molecule has 19 heavy (non-hydrogen) atoms. The monoisotopic (exact) mass is 268 g/mol. The molecule has 1 aromatic carbocycles. The quantitative estimate of drug-likeness (QED) is 0.849. The Labute approximate surface area is 113 Å². The number of methoxy groups -OCH3 is 2. The normalized spacial score (nSPS) is 19.1. The Morgan fingerprint density at radius 1 is 1.32 bits per heavy atom. The van der Waals surface area contributed by atoms with Gasteiger partial charge in [-0.15, -0.1) is 0 Å². The Bertz CT molecular complexity index is 393. The van der Waals surface area contributed by atoms with Gasteiger partial charge < -0.3 is 20.1 Å². The molecule has 1 aliphatic heterocycles. The van der Waals surface area contributed by atoms with Crippen LogP contribution in [0.15, 0.2) is 24.3 Å². The van der Waals surface area contributed by atoms with E-state index >= 15 is 0 Å². The van der Waals surface area contributed by atoms with Gasteiger partial charge in [0, 0.05) is 33.0 Å². The summed E-state index contributed by atoms with van der Waals surface area (Å²) in [6.45, 7) is 1.23. The number of hydrogen-bond donors (Lipinski definition) is 1. The van der Waals surface area contributed by atoms with E-state index in [2.05, 4.69) is 4.90 Å². The van der Waals surface area contributed by atoms with E-state index in [1.54, 1.807) is 14.2 Å². The smallest absolute Gasteiger partial charge is 0.107 e. The molecule has 5 heteroatoms. The maximum atomic E-state index is 12.6. The minimum absolute atomic E-state index is 0.325. The third-order valence-corrected chi connectivity index (χ3v) is 3.59. The average Bonchev–Trinajstić information content (AvgIpc) is 2.40. The third kappa shape index (κ3) is 3.05. The zero-order valence-corrected chi connectivity index (χ0v) is 11.4. The molecule has 0 radical (unpaired) electrons. The number of hydrogen-bond acceptors (Lipinski definition) is 4. The largest absolute Gasteiger partial charge is 0.378 e. The first-order chi connectivity index (χ1) is 9.19. The van der Waals surface area contributed by atoms with Crippen molar-refractivity contribution in [1.82, 2.24) is 0 Å². The highest BCUT2D eigenvalue weighted by Gasteiger charge is 2.26. The van der Waals surface area contributed by atoms with Crippen LogP contribution in [0.4, 0.5) is 10.1 Å². The van der Waals surface area contributed by atoms with Gasteiger partial charge in [0.1, 0.15) is 6.67 Å². The summed E-state index contributed by atoms with van der Waals surface area (Å²) >= 11 is 0. The van der Waals surface area contributed by atoms with E-state index in [1.807, 2.05) is 24.3 Å². The molecule has 2 N–H and O–H groups in total. The lowest BCUT2D eigenvalue weighted by molar-refractivity contribution is 0.0719. The third-order valence-electron chi connectivity index (χ3n) is 3.59. The first kappa shape index (κ1) is 14.2. The topological polar surface area (TPSA) is 47.7 Å². The van der Waals surface area contributed by atoms with Crippen LogP contribution in [-0.2, 0) is 9.47 Å². The fraction of sp³-hybridized carbons (Fsp3) is 0.571. The van der Waals surface area contributed by atoms with Gasteiger partial charge in [0.25, 0.3) is 0 Å². The molecule has 106 valence electrons. The van der Waals surface area contributed by atoms with E-state index in [9.17, 15) is 4.39 Å². The number of rotatable bonds is 6. The summed E-state index contributed by atoms with van der Waals surface area (Å²) in [7, 11) is 3.28. The number of ether oxygens (including phenoxy) is 2. The summed E-state index contributed by atoms with van der Waals surface area (Å²) in [6.07, 6.45) is -0.0754. The maximum Gasteiger partial charge on any atom is 0.107 e. The van der Waals surface area contributed by atoms with Gasteiger partial charge in [-0.25, -0.2) is 4.39 Å². The molecule has 0 amide bonds. The van der Waals surface area contributed by atoms with E-state index in [4.69, 9.17) is 15.2 Å². The Balaban J connectivity index is 2.02. The van der Waals surface area contributed by atoms with Crippen LogP contribution in [0.2, 0.25) is 0 Å². The molecule has 1 aliphatic rings. The van der Waals surface area contributed by atoms with Crippen molar-refractivity contribution < 1.29 is 13.9 Å². The number of anilines is 1. The van der Waals surface area contributed by atoms with E-state index in [0.717, 1.165) is 24.3 Å². The summed E-state index contributed by atoms with van der Waals surface area (Å²) in [5, 5.41) is 0. The first-order valence-electron chi connectivity index (χ1n) is 6.41. The number of halogens is 1. The molecule has 2 unspecified atom stereocenters. The highest BCUT2D eigenvalue weighted by molar-refractivity contribution is 5.50. The van der Waals surface area contributed by atoms with Crippen LogP contribution in [0.25, 0.3) is 0 Å². The molecule has 0 aromatic heterocycles. The van der Waals surface area contributed by atoms with Crippen LogP contribution >= 0.6 is 0 Å². The molecule has 0 aliphatic carbocycles. The maximum absolute atomic E-state index is 12.6. The van der Waals surface area contributed by atoms with Crippen LogP contribution in [0.3, 0.4) is 0 Å². The Morgan fingerprint density at radius 3 is 2.42 bits per heavy atom. The summed E-state index contributed by atoms with van der Waals surface area (Å²) in [6, 6.07) is 7.28. The van der Waals surface area contributed by atoms with Crippen LogP contribution in [-0.4, -0.2) is 46.1 Å². The van der Waals surface area contributed by atoms with Gasteiger partial charge in [-0.2, -0.15) is 0 Å². The van der Waals surface area contributed by atoms with E-state index in [0.29, 0.717) is 6.10 Å². The van der Waals surface area contributed by atoms with Crippen molar-refractivity contribution in [3.05, 3.63) is 29.8 Å². The van der Waals surface area contributed by atoms with Crippen LogP contribution in [0.1, 0.15) is 11.7 Å². The zero-order chi connectivity index (χ0) is 13.8. The summed E-state index contributed by atoms with van der Waals surface area (Å²) in [5.74, 6) is 0. The lowest BCUT2D eigenvalue weighted by atomic mass is 10.0. The summed E-state index contributed by atoms with van der Waals surface area (Å²) < 4.78 is 23.1. The second kappa shape index (κ2) is 6.32. The molecule has 0 bridgehead atoms. The zero-order valence-electron chi connectivity index (χ0n) is 11.4. The fourth-order valence-corrected chi connectivity index (χ4v) is 2.31. The van der Waals surface area contributed by atoms with E-state index < -0.39 is 18.8 Å². The van der Waals surface area contributed by atoms with Crippen molar-refractivity contribution in [3.63, 3.8) is 0 Å². The Kier molecular flexibility index (Phi) is 4.74. The molecule has 4 nitrogen and oxygen atoms in total. The fourth-order valence-electron chi connectivity index (χ4n) is 2.31. The molecule has 1 aromatic rings. The van der Waals surface area contributed by atoms with Crippen molar-refractivity contribution in [2.45, 2.75) is 18.2 Å². The first-order valence-corrected chi connectivity index (χ1v) is 6.41. The highest BCUT2D eigenvalue weighted by Crippen LogP contribution is 2.26. The van der Waals surface area contributed by atoms with Crippen molar-refractivity contribution >= 4 is 5.69 Å². The van der Waals surface area contributed by atoms with Gasteiger partial charge >= 0.3 is 0 Å². The number of benzene rings is 1. The minimum Gasteiger partial charge on any atom is -0.378 e. The van der Waals surface area contributed by atoms with Crippen LogP contribution in [0.5, 0.6) is 0 Å². The standard InChI is InChI=1S/C14H21FN2O2/c1-18-12-8-17(9-12)11-5-3-10(4-6-11)14(19-2)13(16)7-15/h3-6,12-14H,7-9,16H2,1-2H3. The van der Waals surface area contributed by atoms with Crippen molar-refractivity contribution in [1.29, 1.82) is 0 Å². The van der Waals surface area contributed by atoms with Crippen LogP contribution in [0, 0.1) is 0 Å². The molecule has 2 atom stereocenters.